The number of hydrogen-bond acceptors (Lipinski definition) is 3. The van der Waals surface area contributed by atoms with Crippen molar-refractivity contribution in [1.82, 2.24) is 5.32 Å². The Morgan fingerprint density at radius 3 is 3.00 bits per heavy atom. The van der Waals surface area contributed by atoms with Gasteiger partial charge >= 0.3 is 6.09 Å². The topological polar surface area (TPSA) is 67.4 Å². The zero-order valence-corrected chi connectivity index (χ0v) is 8.95. The molecule has 0 bridgehead atoms. The van der Waals surface area contributed by atoms with Crippen molar-refractivity contribution >= 4 is 29.3 Å². The van der Waals surface area contributed by atoms with Crippen LogP contribution in [0.15, 0.2) is 24.3 Å². The monoisotopic (exact) mass is 240 g/mol. The van der Waals surface area contributed by atoms with E-state index in [1.54, 1.807) is 24.3 Å². The van der Waals surface area contributed by atoms with Crippen molar-refractivity contribution in [1.29, 1.82) is 0 Å². The highest BCUT2D eigenvalue weighted by Gasteiger charge is 2.28. The lowest BCUT2D eigenvalue weighted by Crippen LogP contribution is -2.38. The number of alkyl carbamates (subject to hydrolysis) is 1. The quantitative estimate of drug-likeness (QED) is 0.821. The fourth-order valence-electron chi connectivity index (χ4n) is 1.32. The van der Waals surface area contributed by atoms with Crippen LogP contribution in [0.2, 0.25) is 5.02 Å². The van der Waals surface area contributed by atoms with E-state index in [2.05, 4.69) is 15.4 Å². The van der Waals surface area contributed by atoms with E-state index >= 15 is 0 Å². The summed E-state index contributed by atoms with van der Waals surface area (Å²) in [5.74, 6) is -0.326. The molecule has 2 N–H and O–H groups in total. The summed E-state index contributed by atoms with van der Waals surface area (Å²) in [6.45, 7) is 0.0469. The first-order chi connectivity index (χ1) is 7.65. The highest BCUT2D eigenvalue weighted by molar-refractivity contribution is 6.30. The molecule has 0 saturated carbocycles. The first-order valence-corrected chi connectivity index (χ1v) is 5.02. The average molecular weight is 241 g/mol. The van der Waals surface area contributed by atoms with E-state index in [1.807, 2.05) is 0 Å². The van der Waals surface area contributed by atoms with Crippen molar-refractivity contribution < 1.29 is 14.3 Å². The van der Waals surface area contributed by atoms with Crippen LogP contribution in [-0.4, -0.2) is 24.6 Å². The van der Waals surface area contributed by atoms with Crippen molar-refractivity contribution in [2.75, 3.05) is 11.9 Å². The van der Waals surface area contributed by atoms with Gasteiger partial charge in [0, 0.05) is 10.7 Å². The Bertz CT molecular complexity index is 436. The number of carbonyl (C=O) groups is 2. The maximum Gasteiger partial charge on any atom is 0.407 e. The lowest BCUT2D eigenvalue weighted by atomic mass is 10.2. The summed E-state index contributed by atoms with van der Waals surface area (Å²) in [6.07, 6.45) is -0.578. The number of carbonyl (C=O) groups excluding carboxylic acids is 2. The predicted octanol–water partition coefficient (Wildman–Crippen LogP) is 1.39. The van der Waals surface area contributed by atoms with Gasteiger partial charge < -0.3 is 15.4 Å². The predicted molar refractivity (Wildman–Crippen MR) is 58.4 cm³/mol. The third-order valence-corrected chi connectivity index (χ3v) is 2.32. The number of cyclic esters (lactones) is 1. The van der Waals surface area contributed by atoms with Crippen LogP contribution in [0, 0.1) is 0 Å². The molecule has 1 aliphatic heterocycles. The second-order valence-corrected chi connectivity index (χ2v) is 3.73. The Morgan fingerprint density at radius 1 is 1.56 bits per heavy atom. The van der Waals surface area contributed by atoms with Crippen LogP contribution in [0.3, 0.4) is 0 Å². The van der Waals surface area contributed by atoms with Crippen LogP contribution >= 0.6 is 11.6 Å². The minimum Gasteiger partial charge on any atom is -0.447 e. The van der Waals surface area contributed by atoms with Gasteiger partial charge in [0.15, 0.2) is 0 Å². The Labute approximate surface area is 96.7 Å². The summed E-state index contributed by atoms with van der Waals surface area (Å²) in [5, 5.41) is 5.54. The maximum absolute atomic E-state index is 11.6. The number of anilines is 1. The molecule has 1 atom stereocenters. The van der Waals surface area contributed by atoms with Gasteiger partial charge in [0.05, 0.1) is 0 Å². The van der Waals surface area contributed by atoms with Crippen LogP contribution in [0.1, 0.15) is 0 Å². The average Bonchev–Trinajstić information content (AvgIpc) is 2.65. The van der Waals surface area contributed by atoms with Crippen molar-refractivity contribution in [2.24, 2.45) is 0 Å². The minimum atomic E-state index is -0.647. The summed E-state index contributed by atoms with van der Waals surface area (Å²) in [7, 11) is 0. The summed E-state index contributed by atoms with van der Waals surface area (Å²) >= 11 is 5.77. The molecule has 1 aliphatic rings. The Kier molecular flexibility index (Phi) is 2.96. The second kappa shape index (κ2) is 4.40. The first-order valence-electron chi connectivity index (χ1n) is 4.65. The third-order valence-electron chi connectivity index (χ3n) is 2.08. The van der Waals surface area contributed by atoms with Gasteiger partial charge in [-0.25, -0.2) is 4.79 Å². The lowest BCUT2D eigenvalue weighted by molar-refractivity contribution is -0.117. The minimum absolute atomic E-state index is 0.0469. The molecule has 0 spiro atoms. The number of hydrogen-bond donors (Lipinski definition) is 2. The van der Waals surface area contributed by atoms with Crippen LogP contribution < -0.4 is 10.6 Å². The fraction of sp³-hybridized carbons (Fsp3) is 0.200. The first kappa shape index (κ1) is 10.8. The normalized spacial score (nSPS) is 18.8. The van der Waals surface area contributed by atoms with Gasteiger partial charge in [-0.05, 0) is 18.2 Å². The second-order valence-electron chi connectivity index (χ2n) is 3.29. The molecule has 1 heterocycles. The number of ether oxygens (including phenoxy) is 1. The maximum atomic E-state index is 11.6. The molecule has 2 rings (SSSR count). The number of amides is 2. The Hall–Kier alpha value is -1.75. The molecule has 2 amide bonds. The van der Waals surface area contributed by atoms with E-state index in [4.69, 9.17) is 11.6 Å². The molecule has 1 aromatic carbocycles. The van der Waals surface area contributed by atoms with Gasteiger partial charge in [-0.2, -0.15) is 0 Å². The van der Waals surface area contributed by atoms with Crippen LogP contribution in [-0.2, 0) is 9.53 Å². The van der Waals surface area contributed by atoms with Crippen molar-refractivity contribution in [3.63, 3.8) is 0 Å². The van der Waals surface area contributed by atoms with Crippen molar-refractivity contribution in [2.45, 2.75) is 6.04 Å². The Morgan fingerprint density at radius 2 is 2.38 bits per heavy atom. The van der Waals surface area contributed by atoms with Gasteiger partial charge in [0.25, 0.3) is 5.91 Å². The van der Waals surface area contributed by atoms with Crippen LogP contribution in [0.25, 0.3) is 0 Å². The summed E-state index contributed by atoms with van der Waals surface area (Å²) in [4.78, 5) is 22.4. The Balaban J connectivity index is 1.99. The molecule has 0 radical (unpaired) electrons. The lowest BCUT2D eigenvalue weighted by Gasteiger charge is -2.08. The van der Waals surface area contributed by atoms with Crippen molar-refractivity contribution in [3.8, 4) is 0 Å². The van der Waals surface area contributed by atoms with E-state index < -0.39 is 12.1 Å². The number of benzene rings is 1. The largest absolute Gasteiger partial charge is 0.447 e. The van der Waals surface area contributed by atoms with Crippen LogP contribution in [0.4, 0.5) is 10.5 Å². The zero-order chi connectivity index (χ0) is 11.5. The molecule has 0 aromatic heterocycles. The molecule has 6 heteroatoms. The highest BCUT2D eigenvalue weighted by Crippen LogP contribution is 2.15. The fourth-order valence-corrected chi connectivity index (χ4v) is 1.51. The van der Waals surface area contributed by atoms with Gasteiger partial charge in [-0.1, -0.05) is 17.7 Å². The standard InChI is InChI=1S/C10H9ClN2O3/c11-6-2-1-3-7(4-6)12-9(14)8-5-16-10(15)13-8/h1-4,8H,5H2,(H,12,14)(H,13,15). The summed E-state index contributed by atoms with van der Waals surface area (Å²) in [5.41, 5.74) is 0.582. The summed E-state index contributed by atoms with van der Waals surface area (Å²) in [6, 6.07) is 6.11. The van der Waals surface area contributed by atoms with E-state index in [0.29, 0.717) is 10.7 Å². The molecule has 16 heavy (non-hydrogen) atoms. The van der Waals surface area contributed by atoms with Crippen molar-refractivity contribution in [3.05, 3.63) is 29.3 Å². The molecule has 84 valence electrons. The zero-order valence-electron chi connectivity index (χ0n) is 8.20. The van der Waals surface area contributed by atoms with Gasteiger partial charge in [-0.15, -0.1) is 0 Å². The van der Waals surface area contributed by atoms with Gasteiger partial charge in [0.1, 0.15) is 12.6 Å². The number of halogens is 1. The van der Waals surface area contributed by atoms with Gasteiger partial charge in [0.2, 0.25) is 0 Å². The molecule has 1 fully saturated rings. The number of nitrogens with one attached hydrogen (secondary N) is 2. The molecule has 5 nitrogen and oxygen atoms in total. The summed E-state index contributed by atoms with van der Waals surface area (Å²) < 4.78 is 4.61. The molecular weight excluding hydrogens is 232 g/mol. The highest BCUT2D eigenvalue weighted by atomic mass is 35.5. The van der Waals surface area contributed by atoms with Gasteiger partial charge in [-0.3, -0.25) is 4.79 Å². The molecule has 1 saturated heterocycles. The van der Waals surface area contributed by atoms with E-state index in [0.717, 1.165) is 0 Å². The third kappa shape index (κ3) is 2.43. The smallest absolute Gasteiger partial charge is 0.407 e. The van der Waals surface area contributed by atoms with Crippen LogP contribution in [0.5, 0.6) is 0 Å². The van der Waals surface area contributed by atoms with E-state index in [1.165, 1.54) is 0 Å². The molecule has 1 aromatic rings. The molecule has 0 aliphatic carbocycles. The molecule has 1 unspecified atom stereocenters. The van der Waals surface area contributed by atoms with E-state index in [-0.39, 0.29) is 12.5 Å². The number of rotatable bonds is 2. The SMILES string of the molecule is O=C1NC(C(=O)Nc2cccc(Cl)c2)CO1. The molecular formula is C10H9ClN2O3. The van der Waals surface area contributed by atoms with E-state index in [9.17, 15) is 9.59 Å².